The molecule has 0 unspecified atom stereocenters. The number of aromatic hydroxyl groups is 1. The van der Waals surface area contributed by atoms with Crippen LogP contribution in [0.3, 0.4) is 0 Å². The van der Waals surface area contributed by atoms with E-state index in [4.69, 9.17) is 14.2 Å². The summed E-state index contributed by atoms with van der Waals surface area (Å²) in [7, 11) is 0. The zero-order valence-corrected chi connectivity index (χ0v) is 14.4. The van der Waals surface area contributed by atoms with Crippen molar-refractivity contribution in [3.8, 4) is 17.2 Å². The van der Waals surface area contributed by atoms with E-state index in [0.29, 0.717) is 11.5 Å². The lowest BCUT2D eigenvalue weighted by atomic mass is 10.1. The van der Waals surface area contributed by atoms with E-state index in [1.54, 1.807) is 25.1 Å². The molecule has 0 saturated heterocycles. The summed E-state index contributed by atoms with van der Waals surface area (Å²) in [5.41, 5.74) is 1.66. The molecule has 3 rings (SSSR count). The van der Waals surface area contributed by atoms with E-state index in [2.05, 4.69) is 5.32 Å². The number of benzene rings is 2. The van der Waals surface area contributed by atoms with Gasteiger partial charge in [-0.25, -0.2) is 4.79 Å². The fraction of sp³-hybridized carbons (Fsp3) is 0.263. The predicted octanol–water partition coefficient (Wildman–Crippen LogP) is 2.29. The van der Waals surface area contributed by atoms with E-state index in [1.165, 1.54) is 19.1 Å². The minimum absolute atomic E-state index is 0.0195. The second-order valence-electron chi connectivity index (χ2n) is 5.97. The molecule has 1 atom stereocenters. The molecule has 0 aliphatic carbocycles. The second-order valence-corrected chi connectivity index (χ2v) is 5.97. The molecule has 0 saturated carbocycles. The zero-order valence-electron chi connectivity index (χ0n) is 14.4. The van der Waals surface area contributed by atoms with Gasteiger partial charge >= 0.3 is 5.97 Å². The normalized spacial score (nSPS) is 13.2. The molecule has 26 heavy (non-hydrogen) atoms. The highest BCUT2D eigenvalue weighted by Gasteiger charge is 2.21. The Hall–Kier alpha value is -3.22. The third kappa shape index (κ3) is 3.88. The first-order valence-electron chi connectivity index (χ1n) is 8.11. The van der Waals surface area contributed by atoms with E-state index in [0.717, 1.165) is 11.1 Å². The molecule has 0 bridgehead atoms. The van der Waals surface area contributed by atoms with Crippen molar-refractivity contribution in [1.29, 1.82) is 0 Å². The maximum absolute atomic E-state index is 12.1. The fourth-order valence-electron chi connectivity index (χ4n) is 2.48. The molecule has 0 radical (unpaired) electrons. The van der Waals surface area contributed by atoms with Crippen molar-refractivity contribution in [2.45, 2.75) is 26.5 Å². The maximum Gasteiger partial charge on any atom is 0.342 e. The number of fused-ring (bicyclic) bond motifs is 1. The van der Waals surface area contributed by atoms with E-state index in [-0.39, 0.29) is 24.7 Å². The molecule has 2 aromatic carbocycles. The first-order chi connectivity index (χ1) is 12.4. The molecule has 1 aliphatic heterocycles. The lowest BCUT2D eigenvalue weighted by Crippen LogP contribution is -2.35. The number of rotatable bonds is 5. The number of aryl methyl sites for hydroxylation is 1. The number of hydrogen-bond donors (Lipinski definition) is 2. The Morgan fingerprint density at radius 3 is 2.73 bits per heavy atom. The van der Waals surface area contributed by atoms with Gasteiger partial charge in [-0.05, 0) is 49.2 Å². The quantitative estimate of drug-likeness (QED) is 0.798. The number of esters is 1. The molecule has 7 heteroatoms. The van der Waals surface area contributed by atoms with Crippen LogP contribution in [0.5, 0.6) is 17.2 Å². The van der Waals surface area contributed by atoms with Crippen LogP contribution in [0.15, 0.2) is 36.4 Å². The number of phenolic OH excluding ortho intramolecular Hbond substituents is 1. The highest BCUT2D eigenvalue weighted by atomic mass is 16.7. The summed E-state index contributed by atoms with van der Waals surface area (Å²) in [5, 5.41) is 12.5. The lowest BCUT2D eigenvalue weighted by molar-refractivity contribution is -0.129. The number of carbonyl (C=O) groups is 2. The van der Waals surface area contributed by atoms with Crippen LogP contribution in [0.25, 0.3) is 0 Å². The van der Waals surface area contributed by atoms with Crippen molar-refractivity contribution >= 4 is 11.9 Å². The topological polar surface area (TPSA) is 94.1 Å². The highest BCUT2D eigenvalue weighted by molar-refractivity contribution is 5.94. The monoisotopic (exact) mass is 357 g/mol. The number of carbonyl (C=O) groups excluding carboxylic acids is 2. The summed E-state index contributed by atoms with van der Waals surface area (Å²) >= 11 is 0. The Balaban J connectivity index is 1.55. The SMILES string of the molecule is Cc1ccc(C(=O)O[C@@H](C)C(=O)NCc2ccc3c(c2)OCO3)c(O)c1. The first kappa shape index (κ1) is 17.6. The van der Waals surface area contributed by atoms with Crippen molar-refractivity contribution in [3.05, 3.63) is 53.1 Å². The number of hydrogen-bond acceptors (Lipinski definition) is 6. The minimum Gasteiger partial charge on any atom is -0.507 e. The molecule has 2 N–H and O–H groups in total. The van der Waals surface area contributed by atoms with Crippen molar-refractivity contribution in [1.82, 2.24) is 5.32 Å². The Labute approximate surface area is 150 Å². The summed E-state index contributed by atoms with van der Waals surface area (Å²) in [6.07, 6.45) is -1.00. The van der Waals surface area contributed by atoms with Crippen LogP contribution in [0, 0.1) is 6.92 Å². The molecule has 0 fully saturated rings. The largest absolute Gasteiger partial charge is 0.507 e. The third-order valence-electron chi connectivity index (χ3n) is 3.93. The van der Waals surface area contributed by atoms with Gasteiger partial charge in [0.15, 0.2) is 17.6 Å². The molecule has 0 spiro atoms. The Kier molecular flexibility index (Phi) is 4.97. The molecule has 136 valence electrons. The van der Waals surface area contributed by atoms with Gasteiger partial charge in [-0.15, -0.1) is 0 Å². The summed E-state index contributed by atoms with van der Waals surface area (Å²) in [6.45, 7) is 3.70. The second kappa shape index (κ2) is 7.35. The van der Waals surface area contributed by atoms with Crippen LogP contribution in [0.1, 0.15) is 28.4 Å². The van der Waals surface area contributed by atoms with Gasteiger partial charge in [-0.3, -0.25) is 4.79 Å². The van der Waals surface area contributed by atoms with Gasteiger partial charge in [0.2, 0.25) is 6.79 Å². The average molecular weight is 357 g/mol. The van der Waals surface area contributed by atoms with Crippen LogP contribution in [0.4, 0.5) is 0 Å². The van der Waals surface area contributed by atoms with E-state index in [9.17, 15) is 14.7 Å². The number of ether oxygens (including phenoxy) is 3. The van der Waals surface area contributed by atoms with Gasteiger partial charge in [0.25, 0.3) is 5.91 Å². The first-order valence-corrected chi connectivity index (χ1v) is 8.11. The number of nitrogens with one attached hydrogen (secondary N) is 1. The molecule has 1 aliphatic rings. The average Bonchev–Trinajstić information content (AvgIpc) is 3.07. The lowest BCUT2D eigenvalue weighted by Gasteiger charge is -2.14. The summed E-state index contributed by atoms with van der Waals surface area (Å²) < 4.78 is 15.6. The van der Waals surface area contributed by atoms with Gasteiger partial charge in [0.1, 0.15) is 11.3 Å². The summed E-state index contributed by atoms with van der Waals surface area (Å²) in [5.74, 6) is -0.0785. The van der Waals surface area contributed by atoms with Crippen LogP contribution in [-0.2, 0) is 16.1 Å². The van der Waals surface area contributed by atoms with Gasteiger partial charge < -0.3 is 24.6 Å². The molecule has 0 aromatic heterocycles. The number of phenols is 1. The van der Waals surface area contributed by atoms with Gasteiger partial charge in [-0.1, -0.05) is 12.1 Å². The Morgan fingerprint density at radius 1 is 1.19 bits per heavy atom. The van der Waals surface area contributed by atoms with Crippen LogP contribution >= 0.6 is 0 Å². The zero-order chi connectivity index (χ0) is 18.7. The maximum atomic E-state index is 12.1. The van der Waals surface area contributed by atoms with Crippen molar-refractivity contribution in [3.63, 3.8) is 0 Å². The van der Waals surface area contributed by atoms with Crippen molar-refractivity contribution in [2.24, 2.45) is 0 Å². The Morgan fingerprint density at radius 2 is 1.96 bits per heavy atom. The highest BCUT2D eigenvalue weighted by Crippen LogP contribution is 2.32. The predicted molar refractivity (Wildman–Crippen MR) is 92.1 cm³/mol. The third-order valence-corrected chi connectivity index (χ3v) is 3.93. The minimum atomic E-state index is -1.00. The molecule has 1 amide bonds. The van der Waals surface area contributed by atoms with Gasteiger partial charge in [-0.2, -0.15) is 0 Å². The van der Waals surface area contributed by atoms with E-state index >= 15 is 0 Å². The van der Waals surface area contributed by atoms with Gasteiger partial charge in [0.05, 0.1) is 0 Å². The van der Waals surface area contributed by atoms with E-state index in [1.807, 2.05) is 6.07 Å². The van der Waals surface area contributed by atoms with E-state index < -0.39 is 18.0 Å². The van der Waals surface area contributed by atoms with Gasteiger partial charge in [0, 0.05) is 6.54 Å². The molecule has 2 aromatic rings. The van der Waals surface area contributed by atoms with Crippen LogP contribution in [-0.4, -0.2) is 29.9 Å². The number of amides is 1. The van der Waals surface area contributed by atoms with Crippen molar-refractivity contribution in [2.75, 3.05) is 6.79 Å². The standard InChI is InChI=1S/C19H19NO6/c1-11-3-5-14(15(21)7-11)19(23)26-12(2)18(22)20-9-13-4-6-16-17(8-13)25-10-24-16/h3-8,12,21H,9-10H2,1-2H3,(H,20,22)/t12-/m0/s1. The van der Waals surface area contributed by atoms with Crippen LogP contribution < -0.4 is 14.8 Å². The smallest absolute Gasteiger partial charge is 0.342 e. The fourth-order valence-corrected chi connectivity index (χ4v) is 2.48. The van der Waals surface area contributed by atoms with Crippen LogP contribution in [0.2, 0.25) is 0 Å². The van der Waals surface area contributed by atoms with Crippen molar-refractivity contribution < 1.29 is 28.9 Å². The molecular formula is C19H19NO6. The molecule has 1 heterocycles. The summed E-state index contributed by atoms with van der Waals surface area (Å²) in [6, 6.07) is 9.97. The Bertz CT molecular complexity index is 848. The molecular weight excluding hydrogens is 338 g/mol. The summed E-state index contributed by atoms with van der Waals surface area (Å²) in [4.78, 5) is 24.3. The molecule has 7 nitrogen and oxygen atoms in total.